The predicted octanol–water partition coefficient (Wildman–Crippen LogP) is 0.935. The van der Waals surface area contributed by atoms with Gasteiger partial charge in [0.1, 0.15) is 12.1 Å². The topological polar surface area (TPSA) is 96.3 Å². The van der Waals surface area contributed by atoms with Crippen LogP contribution in [0.4, 0.5) is 4.79 Å². The molecular weight excluding hydrogens is 310 g/mol. The Labute approximate surface area is 141 Å². The largest absolute Gasteiger partial charge is 0.348 e. The van der Waals surface area contributed by atoms with Gasteiger partial charge in [-0.15, -0.1) is 0 Å². The van der Waals surface area contributed by atoms with E-state index in [0.717, 1.165) is 21.9 Å². The van der Waals surface area contributed by atoms with E-state index in [-0.39, 0.29) is 24.4 Å². The molecule has 2 atom stereocenters. The van der Waals surface area contributed by atoms with Crippen LogP contribution < -0.4 is 10.6 Å². The molecule has 4 amide bonds. The summed E-state index contributed by atoms with van der Waals surface area (Å²) in [5.41, 5.74) is 1.83. The van der Waals surface area contributed by atoms with Gasteiger partial charge in [-0.3, -0.25) is 19.2 Å². The molecule has 132 valence electrons. The van der Waals surface area contributed by atoms with Gasteiger partial charge in [0, 0.05) is 18.3 Å². The molecule has 0 aromatic carbocycles. The van der Waals surface area contributed by atoms with Crippen molar-refractivity contribution in [1.82, 2.24) is 25.3 Å². The van der Waals surface area contributed by atoms with Crippen LogP contribution in [0.25, 0.3) is 0 Å². The third-order valence-corrected chi connectivity index (χ3v) is 4.73. The molecular formula is C16H25N5O3. The molecule has 2 rings (SSSR count). The summed E-state index contributed by atoms with van der Waals surface area (Å²) in [6.07, 6.45) is 0.472. The molecule has 24 heavy (non-hydrogen) atoms. The van der Waals surface area contributed by atoms with Crippen LogP contribution in [0.2, 0.25) is 0 Å². The molecule has 8 heteroatoms. The number of carbonyl (C=O) groups excluding carboxylic acids is 3. The van der Waals surface area contributed by atoms with Gasteiger partial charge in [0.2, 0.25) is 5.91 Å². The maximum absolute atomic E-state index is 12.3. The fourth-order valence-corrected chi connectivity index (χ4v) is 3.05. The Bertz CT molecular complexity index is 696. The average Bonchev–Trinajstić information content (AvgIpc) is 2.87. The van der Waals surface area contributed by atoms with E-state index in [4.69, 9.17) is 0 Å². The number of imide groups is 1. The predicted molar refractivity (Wildman–Crippen MR) is 88.2 cm³/mol. The van der Waals surface area contributed by atoms with Crippen molar-refractivity contribution in [2.75, 3.05) is 6.54 Å². The Morgan fingerprint density at radius 1 is 1.38 bits per heavy atom. The van der Waals surface area contributed by atoms with Crippen LogP contribution in [0, 0.1) is 13.8 Å². The third-order valence-electron chi connectivity index (χ3n) is 4.73. The molecule has 1 aromatic rings. The zero-order chi connectivity index (χ0) is 18.2. The second kappa shape index (κ2) is 6.26. The Morgan fingerprint density at radius 2 is 2.00 bits per heavy atom. The van der Waals surface area contributed by atoms with Gasteiger partial charge in [-0.2, -0.15) is 5.10 Å². The first-order valence-corrected chi connectivity index (χ1v) is 8.04. The third kappa shape index (κ3) is 3.00. The number of nitrogens with one attached hydrogen (secondary N) is 2. The Morgan fingerprint density at radius 3 is 2.46 bits per heavy atom. The number of aryl methyl sites for hydroxylation is 2. The molecule has 0 spiro atoms. The number of rotatable bonds is 5. The summed E-state index contributed by atoms with van der Waals surface area (Å²) < 4.78 is 1.76. The minimum atomic E-state index is -0.931. The Kier molecular flexibility index (Phi) is 4.68. The molecule has 1 aliphatic heterocycles. The zero-order valence-electron chi connectivity index (χ0n) is 15.1. The van der Waals surface area contributed by atoms with Crippen molar-refractivity contribution in [3.63, 3.8) is 0 Å². The Balaban J connectivity index is 2.06. The van der Waals surface area contributed by atoms with Crippen LogP contribution in [0.1, 0.15) is 50.2 Å². The summed E-state index contributed by atoms with van der Waals surface area (Å²) in [6.45, 7) is 8.87. The van der Waals surface area contributed by atoms with Crippen LogP contribution >= 0.6 is 0 Å². The van der Waals surface area contributed by atoms with Crippen molar-refractivity contribution >= 4 is 17.8 Å². The van der Waals surface area contributed by atoms with Crippen molar-refractivity contribution in [3.05, 3.63) is 17.0 Å². The minimum Gasteiger partial charge on any atom is -0.348 e. The number of aromatic nitrogens is 2. The smallest absolute Gasteiger partial charge is 0.325 e. The number of hydrogen-bond donors (Lipinski definition) is 2. The molecule has 1 aromatic heterocycles. The maximum atomic E-state index is 12.3. The number of hydrogen-bond acceptors (Lipinski definition) is 4. The van der Waals surface area contributed by atoms with Crippen LogP contribution in [-0.4, -0.2) is 44.6 Å². The monoisotopic (exact) mass is 335 g/mol. The van der Waals surface area contributed by atoms with Gasteiger partial charge in [-0.05, 0) is 34.1 Å². The molecule has 0 saturated carbocycles. The second-order valence-electron chi connectivity index (χ2n) is 6.50. The van der Waals surface area contributed by atoms with Gasteiger partial charge in [0.15, 0.2) is 0 Å². The normalized spacial score (nSPS) is 21.8. The molecule has 1 fully saturated rings. The van der Waals surface area contributed by atoms with Crippen LogP contribution in [-0.2, 0) is 16.6 Å². The van der Waals surface area contributed by atoms with E-state index in [1.807, 2.05) is 34.7 Å². The first kappa shape index (κ1) is 18.0. The van der Waals surface area contributed by atoms with Crippen molar-refractivity contribution in [3.8, 4) is 0 Å². The quantitative estimate of drug-likeness (QED) is 0.783. The van der Waals surface area contributed by atoms with Gasteiger partial charge in [-0.1, -0.05) is 6.92 Å². The standard InChI is InChI=1S/C16H25N5O3/c1-7-16(5)14(23)21(15(24)18-16)8-12(22)17-9(2)13-10(3)19-20(6)11(13)4/h9H,7-8H2,1-6H3,(H,17,22)(H,18,24)/t9-,16-/m1/s1. The van der Waals surface area contributed by atoms with E-state index in [9.17, 15) is 14.4 Å². The fourth-order valence-electron chi connectivity index (χ4n) is 3.05. The highest BCUT2D eigenvalue weighted by Crippen LogP contribution is 2.22. The fraction of sp³-hybridized carbons (Fsp3) is 0.625. The molecule has 0 unspecified atom stereocenters. The number of nitrogens with zero attached hydrogens (tertiary/aromatic N) is 3. The highest BCUT2D eigenvalue weighted by molar-refractivity contribution is 6.08. The molecule has 8 nitrogen and oxygen atoms in total. The minimum absolute atomic E-state index is 0.260. The van der Waals surface area contributed by atoms with E-state index in [0.29, 0.717) is 6.42 Å². The van der Waals surface area contributed by atoms with Crippen LogP contribution in [0.3, 0.4) is 0 Å². The van der Waals surface area contributed by atoms with E-state index in [2.05, 4.69) is 15.7 Å². The Hall–Kier alpha value is -2.38. The lowest BCUT2D eigenvalue weighted by molar-refractivity contribution is -0.134. The maximum Gasteiger partial charge on any atom is 0.325 e. The van der Waals surface area contributed by atoms with E-state index in [1.54, 1.807) is 11.6 Å². The lowest BCUT2D eigenvalue weighted by Crippen LogP contribution is -2.45. The van der Waals surface area contributed by atoms with E-state index >= 15 is 0 Å². The molecule has 1 saturated heterocycles. The second-order valence-corrected chi connectivity index (χ2v) is 6.50. The van der Waals surface area contributed by atoms with Gasteiger partial charge < -0.3 is 10.6 Å². The van der Waals surface area contributed by atoms with Crippen molar-refractivity contribution < 1.29 is 14.4 Å². The average molecular weight is 335 g/mol. The molecule has 2 heterocycles. The van der Waals surface area contributed by atoms with Crippen molar-refractivity contribution in [2.24, 2.45) is 7.05 Å². The lowest BCUT2D eigenvalue weighted by atomic mass is 9.99. The molecule has 0 radical (unpaired) electrons. The summed E-state index contributed by atoms with van der Waals surface area (Å²) in [6, 6.07) is -0.787. The van der Waals surface area contributed by atoms with Crippen molar-refractivity contribution in [2.45, 2.75) is 52.6 Å². The van der Waals surface area contributed by atoms with Crippen LogP contribution in [0.15, 0.2) is 0 Å². The molecule has 0 bridgehead atoms. The van der Waals surface area contributed by atoms with Crippen molar-refractivity contribution in [1.29, 1.82) is 0 Å². The molecule has 2 N–H and O–H groups in total. The number of amides is 4. The molecule has 1 aliphatic rings. The summed E-state index contributed by atoms with van der Waals surface area (Å²) in [5.74, 6) is -0.749. The first-order valence-electron chi connectivity index (χ1n) is 8.04. The summed E-state index contributed by atoms with van der Waals surface area (Å²) >= 11 is 0. The van der Waals surface area contributed by atoms with E-state index in [1.165, 1.54) is 0 Å². The highest BCUT2D eigenvalue weighted by Gasteiger charge is 2.47. The van der Waals surface area contributed by atoms with E-state index < -0.39 is 11.6 Å². The lowest BCUT2D eigenvalue weighted by Gasteiger charge is -2.20. The summed E-state index contributed by atoms with van der Waals surface area (Å²) in [5, 5.41) is 9.81. The van der Waals surface area contributed by atoms with Gasteiger partial charge in [-0.25, -0.2) is 4.79 Å². The molecule has 0 aliphatic carbocycles. The highest BCUT2D eigenvalue weighted by atomic mass is 16.2. The summed E-state index contributed by atoms with van der Waals surface area (Å²) in [4.78, 5) is 37.5. The first-order chi connectivity index (χ1) is 11.1. The summed E-state index contributed by atoms with van der Waals surface area (Å²) in [7, 11) is 1.85. The van der Waals surface area contributed by atoms with Gasteiger partial charge >= 0.3 is 6.03 Å². The van der Waals surface area contributed by atoms with Gasteiger partial charge in [0.05, 0.1) is 11.7 Å². The number of urea groups is 1. The van der Waals surface area contributed by atoms with Gasteiger partial charge in [0.25, 0.3) is 5.91 Å². The zero-order valence-corrected chi connectivity index (χ0v) is 15.1. The number of carbonyl (C=O) groups is 3. The SMILES string of the molecule is CC[C@@]1(C)NC(=O)N(CC(=O)N[C@H](C)c2c(C)nn(C)c2C)C1=O. The van der Waals surface area contributed by atoms with Crippen LogP contribution in [0.5, 0.6) is 0 Å².